The number of nitrogens with zero attached hydrogens (tertiary/aromatic N) is 3. The molecule has 1 aliphatic rings. The average molecular weight is 494 g/mol. The number of ether oxygens (including phenoxy) is 3. The number of esters is 1. The van der Waals surface area contributed by atoms with Gasteiger partial charge in [0.1, 0.15) is 0 Å². The molecule has 0 N–H and O–H groups in total. The number of carbonyl (C=O) groups is 1. The first-order valence-corrected chi connectivity index (χ1v) is 12.8. The Kier molecular flexibility index (Phi) is 8.00. The summed E-state index contributed by atoms with van der Waals surface area (Å²) in [5.74, 6) is -0.252. The highest BCUT2D eigenvalue weighted by atomic mass is 16.5. The molecule has 0 aliphatic carbocycles. The van der Waals surface area contributed by atoms with Crippen LogP contribution in [0.4, 0.5) is 5.69 Å². The summed E-state index contributed by atoms with van der Waals surface area (Å²) in [5, 5.41) is 1.23. The Labute approximate surface area is 214 Å². The van der Waals surface area contributed by atoms with Gasteiger partial charge in [-0.15, -0.1) is 0 Å². The maximum atomic E-state index is 11.6. The minimum atomic E-state index is -0.252. The number of fused-ring (bicyclic) bond motifs is 1. The summed E-state index contributed by atoms with van der Waals surface area (Å²) in [6, 6.07) is 10.9. The predicted molar refractivity (Wildman–Crippen MR) is 143 cm³/mol. The van der Waals surface area contributed by atoms with Crippen LogP contribution in [0, 0.1) is 5.41 Å². The van der Waals surface area contributed by atoms with Crippen LogP contribution in [-0.2, 0) is 32.0 Å². The summed E-state index contributed by atoms with van der Waals surface area (Å²) in [6.07, 6.45) is 2.44. The number of methoxy groups -OCH3 is 1. The second-order valence-corrected chi connectivity index (χ2v) is 10.3. The molecule has 0 bridgehead atoms. The van der Waals surface area contributed by atoms with Crippen molar-refractivity contribution in [2.75, 3.05) is 44.9 Å². The number of hydrogen-bond donors (Lipinski definition) is 0. The van der Waals surface area contributed by atoms with E-state index in [1.807, 2.05) is 19.2 Å². The summed E-state index contributed by atoms with van der Waals surface area (Å²) in [6.45, 7) is 14.4. The Balaban J connectivity index is 1.94. The van der Waals surface area contributed by atoms with Crippen molar-refractivity contribution in [3.63, 3.8) is 0 Å². The highest BCUT2D eigenvalue weighted by Crippen LogP contribution is 2.41. The lowest BCUT2D eigenvalue weighted by Gasteiger charge is -2.29. The average Bonchev–Trinajstić information content (AvgIpc) is 3.19. The van der Waals surface area contributed by atoms with Gasteiger partial charge in [-0.05, 0) is 56.2 Å². The lowest BCUT2D eigenvalue weighted by atomic mass is 9.84. The van der Waals surface area contributed by atoms with Gasteiger partial charge < -0.3 is 23.7 Å². The number of benzene rings is 1. The standard InChI is InChI=1S/C29H39N3O4/c1-7-32-26-11-10-22(31-13-15-35-16-14-31)17-24(26)25(18-29(4,5)19-36-21(3)33)28(32)23-9-8-12-30-27(23)20(2)34-6/h8-12,17,20H,7,13-16,18-19H2,1-6H3. The van der Waals surface area contributed by atoms with Crippen LogP contribution in [0.25, 0.3) is 22.2 Å². The van der Waals surface area contributed by atoms with Gasteiger partial charge in [0.2, 0.25) is 0 Å². The molecule has 1 fully saturated rings. The van der Waals surface area contributed by atoms with Gasteiger partial charge in [-0.2, -0.15) is 0 Å². The van der Waals surface area contributed by atoms with Crippen molar-refractivity contribution < 1.29 is 19.0 Å². The molecular formula is C29H39N3O4. The van der Waals surface area contributed by atoms with Gasteiger partial charge in [0.05, 0.1) is 37.3 Å². The Hall–Kier alpha value is -2.90. The van der Waals surface area contributed by atoms with E-state index >= 15 is 0 Å². The van der Waals surface area contributed by atoms with Gasteiger partial charge in [0.25, 0.3) is 0 Å². The molecule has 2 aromatic heterocycles. The van der Waals surface area contributed by atoms with Crippen LogP contribution < -0.4 is 4.90 Å². The second kappa shape index (κ2) is 11.0. The summed E-state index contributed by atoms with van der Waals surface area (Å²) in [5.41, 5.74) is 6.56. The number of anilines is 1. The molecule has 3 heterocycles. The zero-order chi connectivity index (χ0) is 25.9. The van der Waals surface area contributed by atoms with E-state index in [4.69, 9.17) is 19.2 Å². The third-order valence-electron chi connectivity index (χ3n) is 7.00. The fraction of sp³-hybridized carbons (Fsp3) is 0.517. The number of aryl methyl sites for hydroxylation is 1. The third-order valence-corrected chi connectivity index (χ3v) is 7.00. The van der Waals surface area contributed by atoms with E-state index in [1.54, 1.807) is 7.11 Å². The molecule has 0 radical (unpaired) electrons. The van der Waals surface area contributed by atoms with Crippen LogP contribution in [0.1, 0.15) is 52.0 Å². The molecule has 1 unspecified atom stereocenters. The minimum Gasteiger partial charge on any atom is -0.465 e. The van der Waals surface area contributed by atoms with Crippen LogP contribution in [0.15, 0.2) is 36.5 Å². The Morgan fingerprint density at radius 1 is 1.22 bits per heavy atom. The second-order valence-electron chi connectivity index (χ2n) is 10.3. The number of hydrogen-bond acceptors (Lipinski definition) is 6. The van der Waals surface area contributed by atoms with E-state index in [9.17, 15) is 4.79 Å². The Bertz CT molecular complexity index is 1210. The largest absolute Gasteiger partial charge is 0.465 e. The van der Waals surface area contributed by atoms with Crippen molar-refractivity contribution in [3.05, 3.63) is 47.8 Å². The summed E-state index contributed by atoms with van der Waals surface area (Å²) < 4.78 is 19.1. The first-order valence-electron chi connectivity index (χ1n) is 12.8. The van der Waals surface area contributed by atoms with Gasteiger partial charge in [0.15, 0.2) is 0 Å². The van der Waals surface area contributed by atoms with Gasteiger partial charge in [-0.1, -0.05) is 13.8 Å². The normalized spacial score (nSPS) is 15.3. The molecule has 0 amide bonds. The molecule has 194 valence electrons. The molecule has 7 heteroatoms. The molecule has 1 saturated heterocycles. The SMILES string of the molecule is CCn1c(-c2cccnc2C(C)OC)c(CC(C)(C)COC(C)=O)c2cc(N3CCOCC3)ccc21. The molecular weight excluding hydrogens is 454 g/mol. The van der Waals surface area contributed by atoms with Crippen LogP contribution in [-0.4, -0.2) is 55.5 Å². The number of rotatable bonds is 9. The smallest absolute Gasteiger partial charge is 0.302 e. The van der Waals surface area contributed by atoms with Crippen molar-refractivity contribution in [1.82, 2.24) is 9.55 Å². The quantitative estimate of drug-likeness (QED) is 0.372. The monoisotopic (exact) mass is 493 g/mol. The third kappa shape index (κ3) is 5.42. The number of carbonyl (C=O) groups excluding carboxylic acids is 1. The summed E-state index contributed by atoms with van der Waals surface area (Å²) in [4.78, 5) is 18.7. The molecule has 1 aromatic carbocycles. The van der Waals surface area contributed by atoms with E-state index in [0.717, 1.165) is 56.2 Å². The molecule has 0 spiro atoms. The number of pyridine rings is 1. The van der Waals surface area contributed by atoms with Gasteiger partial charge in [-0.25, -0.2) is 0 Å². The van der Waals surface area contributed by atoms with E-state index in [1.165, 1.54) is 29.1 Å². The molecule has 3 aromatic rings. The van der Waals surface area contributed by atoms with Crippen LogP contribution in [0.2, 0.25) is 0 Å². The highest BCUT2D eigenvalue weighted by molar-refractivity contribution is 5.94. The van der Waals surface area contributed by atoms with E-state index in [-0.39, 0.29) is 17.5 Å². The Morgan fingerprint density at radius 3 is 2.64 bits per heavy atom. The molecule has 1 aliphatic heterocycles. The van der Waals surface area contributed by atoms with Gasteiger partial charge in [0, 0.05) is 67.4 Å². The first kappa shape index (κ1) is 26.2. The molecule has 7 nitrogen and oxygen atoms in total. The summed E-state index contributed by atoms with van der Waals surface area (Å²) >= 11 is 0. The van der Waals surface area contributed by atoms with Crippen molar-refractivity contribution in [2.24, 2.45) is 5.41 Å². The highest BCUT2D eigenvalue weighted by Gasteiger charge is 2.29. The maximum absolute atomic E-state index is 11.6. The first-order chi connectivity index (χ1) is 17.3. The van der Waals surface area contributed by atoms with Gasteiger partial charge >= 0.3 is 5.97 Å². The van der Waals surface area contributed by atoms with E-state index in [2.05, 4.69) is 54.5 Å². The van der Waals surface area contributed by atoms with Crippen molar-refractivity contribution in [3.8, 4) is 11.3 Å². The van der Waals surface area contributed by atoms with E-state index in [0.29, 0.717) is 6.61 Å². The summed E-state index contributed by atoms with van der Waals surface area (Å²) in [7, 11) is 1.72. The lowest BCUT2D eigenvalue weighted by molar-refractivity contribution is -0.143. The lowest BCUT2D eigenvalue weighted by Crippen LogP contribution is -2.36. The van der Waals surface area contributed by atoms with Crippen LogP contribution in [0.3, 0.4) is 0 Å². The molecule has 0 saturated carbocycles. The van der Waals surface area contributed by atoms with Crippen LogP contribution >= 0.6 is 0 Å². The molecule has 36 heavy (non-hydrogen) atoms. The minimum absolute atomic E-state index is 0.143. The fourth-order valence-corrected chi connectivity index (χ4v) is 5.13. The fourth-order valence-electron chi connectivity index (χ4n) is 5.13. The van der Waals surface area contributed by atoms with Crippen molar-refractivity contribution in [2.45, 2.75) is 53.7 Å². The van der Waals surface area contributed by atoms with E-state index < -0.39 is 0 Å². The maximum Gasteiger partial charge on any atom is 0.302 e. The Morgan fingerprint density at radius 2 is 1.97 bits per heavy atom. The molecule has 4 rings (SSSR count). The predicted octanol–water partition coefficient (Wildman–Crippen LogP) is 5.40. The van der Waals surface area contributed by atoms with Crippen molar-refractivity contribution >= 4 is 22.6 Å². The van der Waals surface area contributed by atoms with Gasteiger partial charge in [-0.3, -0.25) is 9.78 Å². The topological polar surface area (TPSA) is 65.8 Å². The molecule has 1 atom stereocenters. The number of aromatic nitrogens is 2. The van der Waals surface area contributed by atoms with Crippen molar-refractivity contribution in [1.29, 1.82) is 0 Å². The van der Waals surface area contributed by atoms with Crippen LogP contribution in [0.5, 0.6) is 0 Å². The number of morpholine rings is 1. The zero-order valence-corrected chi connectivity index (χ0v) is 22.5. The zero-order valence-electron chi connectivity index (χ0n) is 22.5.